The van der Waals surface area contributed by atoms with E-state index in [1.165, 1.54) is 0 Å². The fraction of sp³-hybridized carbons (Fsp3) is 0.261. The van der Waals surface area contributed by atoms with Crippen molar-refractivity contribution in [3.05, 3.63) is 64.6 Å². The lowest BCUT2D eigenvalue weighted by molar-refractivity contribution is -0.120. The normalized spacial score (nSPS) is 16.1. The van der Waals surface area contributed by atoms with Gasteiger partial charge in [0.2, 0.25) is 5.91 Å². The summed E-state index contributed by atoms with van der Waals surface area (Å²) in [5.41, 5.74) is 2.32. The summed E-state index contributed by atoms with van der Waals surface area (Å²) >= 11 is 12.1. The second kappa shape index (κ2) is 9.54. The van der Waals surface area contributed by atoms with E-state index in [9.17, 15) is 4.79 Å². The van der Waals surface area contributed by atoms with E-state index < -0.39 is 0 Å². The molecule has 1 amide bonds. The molecule has 2 aromatic carbocycles. The van der Waals surface area contributed by atoms with Crippen molar-refractivity contribution >= 4 is 40.6 Å². The number of amides is 1. The first-order valence-electron chi connectivity index (χ1n) is 10.0. The number of carbonyl (C=O) groups excluding carboxylic acids is 1. The Kier molecular flexibility index (Phi) is 6.59. The van der Waals surface area contributed by atoms with Crippen molar-refractivity contribution in [1.29, 1.82) is 0 Å². The van der Waals surface area contributed by atoms with Crippen molar-refractivity contribution in [2.24, 2.45) is 5.92 Å². The van der Waals surface area contributed by atoms with E-state index in [1.54, 1.807) is 25.3 Å². The summed E-state index contributed by atoms with van der Waals surface area (Å²) in [6, 6.07) is 16.6. The Morgan fingerprint density at radius 2 is 1.90 bits per heavy atom. The van der Waals surface area contributed by atoms with Crippen molar-refractivity contribution in [3.63, 3.8) is 0 Å². The van der Waals surface area contributed by atoms with Crippen molar-refractivity contribution < 1.29 is 9.53 Å². The first kappa shape index (κ1) is 21.4. The standard InChI is InChI=1S/C23H22Cl2N4O2/c1-31-18-7-4-15(5-8-18)20-10-11-22(28-27-20)29-12-2-3-16(14-29)23(30)26-21-9-6-17(24)13-19(21)25/h4-11,13,16H,2-3,12,14H2,1H3,(H,26,30). The van der Waals surface area contributed by atoms with E-state index in [0.29, 0.717) is 22.3 Å². The molecule has 1 saturated heterocycles. The van der Waals surface area contributed by atoms with Gasteiger partial charge in [-0.2, -0.15) is 0 Å². The van der Waals surface area contributed by atoms with Gasteiger partial charge in [-0.25, -0.2) is 0 Å². The molecule has 1 aromatic heterocycles. The molecule has 0 radical (unpaired) electrons. The highest BCUT2D eigenvalue weighted by Gasteiger charge is 2.27. The average molecular weight is 457 g/mol. The Morgan fingerprint density at radius 3 is 2.58 bits per heavy atom. The monoisotopic (exact) mass is 456 g/mol. The molecular formula is C23H22Cl2N4O2. The zero-order valence-corrected chi connectivity index (χ0v) is 18.5. The highest BCUT2D eigenvalue weighted by Crippen LogP contribution is 2.28. The lowest BCUT2D eigenvalue weighted by atomic mass is 9.97. The Labute approximate surface area is 191 Å². The van der Waals surface area contributed by atoms with Crippen LogP contribution in [0.2, 0.25) is 10.0 Å². The summed E-state index contributed by atoms with van der Waals surface area (Å²) < 4.78 is 5.19. The zero-order chi connectivity index (χ0) is 21.8. The van der Waals surface area contributed by atoms with Gasteiger partial charge >= 0.3 is 0 Å². The summed E-state index contributed by atoms with van der Waals surface area (Å²) in [5.74, 6) is 1.34. The van der Waals surface area contributed by atoms with Crippen molar-refractivity contribution in [1.82, 2.24) is 10.2 Å². The van der Waals surface area contributed by atoms with Crippen LogP contribution in [-0.2, 0) is 4.79 Å². The van der Waals surface area contributed by atoms with Crippen LogP contribution in [0.3, 0.4) is 0 Å². The molecule has 8 heteroatoms. The van der Waals surface area contributed by atoms with Crippen LogP contribution in [0.25, 0.3) is 11.3 Å². The number of methoxy groups -OCH3 is 1. The Bertz CT molecular complexity index is 1060. The minimum atomic E-state index is -0.163. The van der Waals surface area contributed by atoms with Crippen LogP contribution in [-0.4, -0.2) is 36.3 Å². The quantitative estimate of drug-likeness (QED) is 0.562. The number of rotatable bonds is 5. The highest BCUT2D eigenvalue weighted by atomic mass is 35.5. The van der Waals surface area contributed by atoms with Crippen LogP contribution in [0.4, 0.5) is 11.5 Å². The van der Waals surface area contributed by atoms with Gasteiger partial charge in [-0.3, -0.25) is 4.79 Å². The molecule has 0 aliphatic carbocycles. The van der Waals surface area contributed by atoms with Crippen LogP contribution in [0.1, 0.15) is 12.8 Å². The van der Waals surface area contributed by atoms with Crippen LogP contribution in [0, 0.1) is 5.92 Å². The topological polar surface area (TPSA) is 67.3 Å². The molecule has 1 aliphatic rings. The van der Waals surface area contributed by atoms with Crippen LogP contribution < -0.4 is 15.0 Å². The number of hydrogen-bond acceptors (Lipinski definition) is 5. The largest absolute Gasteiger partial charge is 0.497 e. The first-order valence-corrected chi connectivity index (χ1v) is 10.8. The third kappa shape index (κ3) is 5.09. The number of piperidine rings is 1. The van der Waals surface area contributed by atoms with E-state index in [-0.39, 0.29) is 11.8 Å². The molecule has 1 aliphatic heterocycles. The lowest BCUT2D eigenvalue weighted by Gasteiger charge is -2.32. The number of carbonyl (C=O) groups is 1. The molecular weight excluding hydrogens is 435 g/mol. The number of nitrogens with one attached hydrogen (secondary N) is 1. The zero-order valence-electron chi connectivity index (χ0n) is 17.0. The third-order valence-electron chi connectivity index (χ3n) is 5.34. The average Bonchev–Trinajstić information content (AvgIpc) is 2.81. The van der Waals surface area contributed by atoms with E-state index in [0.717, 1.165) is 42.2 Å². The third-order valence-corrected chi connectivity index (χ3v) is 5.89. The lowest BCUT2D eigenvalue weighted by Crippen LogP contribution is -2.41. The summed E-state index contributed by atoms with van der Waals surface area (Å²) in [6.07, 6.45) is 1.71. The molecule has 1 N–H and O–H groups in total. The molecule has 0 saturated carbocycles. The maximum absolute atomic E-state index is 12.8. The molecule has 160 valence electrons. The molecule has 1 unspecified atom stereocenters. The molecule has 3 aromatic rings. The van der Waals surface area contributed by atoms with Crippen molar-refractivity contribution in [2.75, 3.05) is 30.4 Å². The molecule has 0 bridgehead atoms. The number of halogens is 2. The number of benzene rings is 2. The first-order chi connectivity index (χ1) is 15.0. The molecule has 0 spiro atoms. The minimum Gasteiger partial charge on any atom is -0.497 e. The van der Waals surface area contributed by atoms with Gasteiger partial charge in [-0.05, 0) is 67.4 Å². The fourth-order valence-electron chi connectivity index (χ4n) is 3.63. The van der Waals surface area contributed by atoms with E-state index in [2.05, 4.69) is 20.4 Å². The van der Waals surface area contributed by atoms with E-state index in [4.69, 9.17) is 27.9 Å². The summed E-state index contributed by atoms with van der Waals surface area (Å²) in [6.45, 7) is 1.41. The number of anilines is 2. The van der Waals surface area contributed by atoms with Gasteiger partial charge in [0.25, 0.3) is 0 Å². The predicted molar refractivity (Wildman–Crippen MR) is 124 cm³/mol. The smallest absolute Gasteiger partial charge is 0.229 e. The second-order valence-electron chi connectivity index (χ2n) is 7.40. The SMILES string of the molecule is COc1ccc(-c2ccc(N3CCCC(C(=O)Nc4ccc(Cl)cc4Cl)C3)nn2)cc1. The molecule has 1 atom stereocenters. The van der Waals surface area contributed by atoms with Crippen LogP contribution in [0.15, 0.2) is 54.6 Å². The predicted octanol–water partition coefficient (Wildman–Crippen LogP) is 5.31. The van der Waals surface area contributed by atoms with Gasteiger partial charge in [0, 0.05) is 23.7 Å². The van der Waals surface area contributed by atoms with Gasteiger partial charge in [0.15, 0.2) is 5.82 Å². The van der Waals surface area contributed by atoms with Gasteiger partial charge < -0.3 is 15.0 Å². The minimum absolute atomic E-state index is 0.0586. The Hall–Kier alpha value is -2.83. The maximum Gasteiger partial charge on any atom is 0.229 e. The summed E-state index contributed by atoms with van der Waals surface area (Å²) in [4.78, 5) is 14.9. The number of ether oxygens (including phenoxy) is 1. The summed E-state index contributed by atoms with van der Waals surface area (Å²) in [5, 5.41) is 12.6. The summed E-state index contributed by atoms with van der Waals surface area (Å²) in [7, 11) is 1.64. The molecule has 31 heavy (non-hydrogen) atoms. The van der Waals surface area contributed by atoms with Crippen LogP contribution >= 0.6 is 23.2 Å². The highest BCUT2D eigenvalue weighted by molar-refractivity contribution is 6.36. The van der Waals surface area contributed by atoms with Crippen molar-refractivity contribution in [2.45, 2.75) is 12.8 Å². The van der Waals surface area contributed by atoms with Gasteiger partial charge in [-0.1, -0.05) is 23.2 Å². The molecule has 1 fully saturated rings. The van der Waals surface area contributed by atoms with E-state index in [1.807, 2.05) is 36.4 Å². The number of aromatic nitrogens is 2. The molecule has 2 heterocycles. The second-order valence-corrected chi connectivity index (χ2v) is 8.25. The van der Waals surface area contributed by atoms with Gasteiger partial charge in [-0.15, -0.1) is 10.2 Å². The Balaban J connectivity index is 1.42. The molecule has 4 rings (SSSR count). The Morgan fingerprint density at radius 1 is 1.10 bits per heavy atom. The molecule has 6 nitrogen and oxygen atoms in total. The van der Waals surface area contributed by atoms with Crippen molar-refractivity contribution in [3.8, 4) is 17.0 Å². The van der Waals surface area contributed by atoms with Crippen LogP contribution in [0.5, 0.6) is 5.75 Å². The maximum atomic E-state index is 12.8. The van der Waals surface area contributed by atoms with Gasteiger partial charge in [0.1, 0.15) is 5.75 Å². The number of nitrogens with zero attached hydrogens (tertiary/aromatic N) is 3. The fourth-order valence-corrected chi connectivity index (χ4v) is 4.09. The van der Waals surface area contributed by atoms with Gasteiger partial charge in [0.05, 0.1) is 29.4 Å². The van der Waals surface area contributed by atoms with E-state index >= 15 is 0 Å². The number of hydrogen-bond donors (Lipinski definition) is 1.